The van der Waals surface area contributed by atoms with Gasteiger partial charge in [-0.25, -0.2) is 0 Å². The largest absolute Gasteiger partial charge is 0.508 e. The standard InChI is InChI=1S/C15H11NO/c17-14-7-5-11(6-8-14)13-4-3-12-2-1-9-16-15(12)10-13/h1-10,17H. The van der Waals surface area contributed by atoms with E-state index >= 15 is 0 Å². The number of rotatable bonds is 1. The molecule has 1 heterocycles. The van der Waals surface area contributed by atoms with Gasteiger partial charge in [0.2, 0.25) is 0 Å². The molecule has 0 aliphatic carbocycles. The lowest BCUT2D eigenvalue weighted by Crippen LogP contribution is -1.81. The molecule has 2 nitrogen and oxygen atoms in total. The molecule has 0 radical (unpaired) electrons. The van der Waals surface area contributed by atoms with E-state index in [1.165, 1.54) is 0 Å². The predicted octanol–water partition coefficient (Wildman–Crippen LogP) is 3.61. The molecule has 2 heteroatoms. The Morgan fingerprint density at radius 2 is 1.59 bits per heavy atom. The zero-order valence-corrected chi connectivity index (χ0v) is 9.17. The Morgan fingerprint density at radius 3 is 2.41 bits per heavy atom. The molecule has 0 atom stereocenters. The summed E-state index contributed by atoms with van der Waals surface area (Å²) in [7, 11) is 0. The van der Waals surface area contributed by atoms with Crippen molar-refractivity contribution >= 4 is 10.9 Å². The Labute approximate surface area is 99.2 Å². The molecule has 2 aromatic carbocycles. The molecule has 0 aliphatic heterocycles. The topological polar surface area (TPSA) is 33.1 Å². The molecule has 3 aromatic rings. The van der Waals surface area contributed by atoms with Crippen LogP contribution in [-0.4, -0.2) is 10.1 Å². The maximum Gasteiger partial charge on any atom is 0.115 e. The first-order valence-corrected chi connectivity index (χ1v) is 5.47. The number of phenolic OH excluding ortho intramolecular Hbond substituents is 1. The van der Waals surface area contributed by atoms with Crippen molar-refractivity contribution in [2.24, 2.45) is 0 Å². The first-order chi connectivity index (χ1) is 8.33. The molecule has 0 spiro atoms. The molecule has 0 amide bonds. The highest BCUT2D eigenvalue weighted by molar-refractivity contribution is 5.84. The number of fused-ring (bicyclic) bond motifs is 1. The van der Waals surface area contributed by atoms with E-state index < -0.39 is 0 Å². The molecule has 0 aliphatic rings. The lowest BCUT2D eigenvalue weighted by molar-refractivity contribution is 0.475. The number of hydrogen-bond acceptors (Lipinski definition) is 2. The lowest BCUT2D eigenvalue weighted by Gasteiger charge is -2.03. The minimum Gasteiger partial charge on any atom is -0.508 e. The first-order valence-electron chi connectivity index (χ1n) is 5.47. The summed E-state index contributed by atoms with van der Waals surface area (Å²) in [5.74, 6) is 0.285. The van der Waals surface area contributed by atoms with Gasteiger partial charge in [0.05, 0.1) is 5.52 Å². The van der Waals surface area contributed by atoms with E-state index in [1.54, 1.807) is 18.3 Å². The minimum absolute atomic E-state index is 0.285. The van der Waals surface area contributed by atoms with Gasteiger partial charge in [-0.15, -0.1) is 0 Å². The zero-order valence-electron chi connectivity index (χ0n) is 9.17. The van der Waals surface area contributed by atoms with Crippen molar-refractivity contribution in [2.45, 2.75) is 0 Å². The summed E-state index contributed by atoms with van der Waals surface area (Å²) >= 11 is 0. The second-order valence-corrected chi connectivity index (χ2v) is 3.96. The SMILES string of the molecule is Oc1ccc(-c2ccc3cccnc3c2)cc1. The molecule has 0 fully saturated rings. The molecule has 17 heavy (non-hydrogen) atoms. The number of hydrogen-bond donors (Lipinski definition) is 1. The minimum atomic E-state index is 0.285. The van der Waals surface area contributed by atoms with Crippen LogP contribution < -0.4 is 0 Å². The molecule has 3 rings (SSSR count). The van der Waals surface area contributed by atoms with E-state index in [4.69, 9.17) is 0 Å². The zero-order chi connectivity index (χ0) is 11.7. The molecular weight excluding hydrogens is 210 g/mol. The normalized spacial score (nSPS) is 10.6. The summed E-state index contributed by atoms with van der Waals surface area (Å²) in [4.78, 5) is 4.34. The van der Waals surface area contributed by atoms with E-state index in [0.29, 0.717) is 0 Å². The summed E-state index contributed by atoms with van der Waals surface area (Å²) in [6, 6.07) is 17.4. The van der Waals surface area contributed by atoms with E-state index in [0.717, 1.165) is 22.0 Å². The number of pyridine rings is 1. The predicted molar refractivity (Wildman–Crippen MR) is 68.8 cm³/mol. The van der Waals surface area contributed by atoms with Gasteiger partial charge in [-0.05, 0) is 35.4 Å². The fourth-order valence-electron chi connectivity index (χ4n) is 1.90. The van der Waals surface area contributed by atoms with Gasteiger partial charge in [0.1, 0.15) is 5.75 Å². The number of aromatic nitrogens is 1. The van der Waals surface area contributed by atoms with Crippen molar-refractivity contribution in [3.63, 3.8) is 0 Å². The second kappa shape index (κ2) is 3.91. The average molecular weight is 221 g/mol. The van der Waals surface area contributed by atoms with Crippen molar-refractivity contribution in [1.82, 2.24) is 4.98 Å². The van der Waals surface area contributed by atoms with Crippen LogP contribution in [0.25, 0.3) is 22.0 Å². The molecular formula is C15H11NO. The molecule has 1 N–H and O–H groups in total. The van der Waals surface area contributed by atoms with Crippen molar-refractivity contribution in [3.05, 3.63) is 60.8 Å². The highest BCUT2D eigenvalue weighted by atomic mass is 16.3. The Hall–Kier alpha value is -2.35. The Balaban J connectivity index is 2.14. The molecule has 0 unspecified atom stereocenters. The van der Waals surface area contributed by atoms with Gasteiger partial charge >= 0.3 is 0 Å². The van der Waals surface area contributed by atoms with Crippen LogP contribution >= 0.6 is 0 Å². The van der Waals surface area contributed by atoms with Crippen LogP contribution in [0.4, 0.5) is 0 Å². The molecule has 0 saturated carbocycles. The maximum absolute atomic E-state index is 9.26. The third-order valence-corrected chi connectivity index (χ3v) is 2.81. The number of phenols is 1. The van der Waals surface area contributed by atoms with Crippen LogP contribution in [0.1, 0.15) is 0 Å². The van der Waals surface area contributed by atoms with Crippen molar-refractivity contribution in [3.8, 4) is 16.9 Å². The smallest absolute Gasteiger partial charge is 0.115 e. The van der Waals surface area contributed by atoms with Gasteiger partial charge in [-0.1, -0.05) is 30.3 Å². The van der Waals surface area contributed by atoms with Gasteiger partial charge in [0, 0.05) is 11.6 Å². The van der Waals surface area contributed by atoms with Gasteiger partial charge in [0.15, 0.2) is 0 Å². The van der Waals surface area contributed by atoms with Crippen LogP contribution in [0.3, 0.4) is 0 Å². The monoisotopic (exact) mass is 221 g/mol. The molecule has 0 bridgehead atoms. The average Bonchev–Trinajstić information content (AvgIpc) is 2.39. The van der Waals surface area contributed by atoms with Crippen molar-refractivity contribution in [1.29, 1.82) is 0 Å². The van der Waals surface area contributed by atoms with E-state index in [2.05, 4.69) is 23.2 Å². The van der Waals surface area contributed by atoms with Gasteiger partial charge in [-0.2, -0.15) is 0 Å². The summed E-state index contributed by atoms with van der Waals surface area (Å²) in [6.07, 6.45) is 1.79. The van der Waals surface area contributed by atoms with Crippen LogP contribution in [0.15, 0.2) is 60.8 Å². The Bertz CT molecular complexity index is 659. The number of aromatic hydroxyl groups is 1. The first kappa shape index (κ1) is 9.85. The summed E-state index contributed by atoms with van der Waals surface area (Å²) < 4.78 is 0. The summed E-state index contributed by atoms with van der Waals surface area (Å²) in [5, 5.41) is 10.4. The molecule has 82 valence electrons. The Kier molecular flexibility index (Phi) is 2.26. The second-order valence-electron chi connectivity index (χ2n) is 3.96. The van der Waals surface area contributed by atoms with E-state index in [-0.39, 0.29) is 5.75 Å². The van der Waals surface area contributed by atoms with Crippen molar-refractivity contribution < 1.29 is 5.11 Å². The highest BCUT2D eigenvalue weighted by Crippen LogP contribution is 2.24. The van der Waals surface area contributed by atoms with Crippen LogP contribution in [0.5, 0.6) is 5.75 Å². The fourth-order valence-corrected chi connectivity index (χ4v) is 1.90. The maximum atomic E-state index is 9.26. The van der Waals surface area contributed by atoms with Gasteiger partial charge in [0.25, 0.3) is 0 Å². The quantitative estimate of drug-likeness (QED) is 0.681. The summed E-state index contributed by atoms with van der Waals surface area (Å²) in [5.41, 5.74) is 3.17. The van der Waals surface area contributed by atoms with Gasteiger partial charge < -0.3 is 5.11 Å². The molecule has 0 saturated heterocycles. The highest BCUT2D eigenvalue weighted by Gasteiger charge is 2.00. The fraction of sp³-hybridized carbons (Fsp3) is 0. The Morgan fingerprint density at radius 1 is 0.824 bits per heavy atom. The van der Waals surface area contributed by atoms with E-state index in [9.17, 15) is 5.11 Å². The lowest BCUT2D eigenvalue weighted by atomic mass is 10.0. The number of benzene rings is 2. The van der Waals surface area contributed by atoms with Crippen LogP contribution in [0, 0.1) is 0 Å². The third-order valence-electron chi connectivity index (χ3n) is 2.81. The number of nitrogens with zero attached hydrogens (tertiary/aromatic N) is 1. The van der Waals surface area contributed by atoms with Crippen LogP contribution in [-0.2, 0) is 0 Å². The van der Waals surface area contributed by atoms with Crippen LogP contribution in [0.2, 0.25) is 0 Å². The van der Waals surface area contributed by atoms with E-state index in [1.807, 2.05) is 24.3 Å². The van der Waals surface area contributed by atoms with Gasteiger partial charge in [-0.3, -0.25) is 4.98 Å². The summed E-state index contributed by atoms with van der Waals surface area (Å²) in [6.45, 7) is 0. The van der Waals surface area contributed by atoms with Crippen molar-refractivity contribution in [2.75, 3.05) is 0 Å². The molecule has 1 aromatic heterocycles. The third kappa shape index (κ3) is 1.85.